The average molecular weight is 251 g/mol. The molecule has 0 bridgehead atoms. The van der Waals surface area contributed by atoms with Gasteiger partial charge < -0.3 is 5.11 Å². The molecule has 0 aliphatic carbocycles. The summed E-state index contributed by atoms with van der Waals surface area (Å²) >= 11 is 0. The second kappa shape index (κ2) is 7.25. The summed E-state index contributed by atoms with van der Waals surface area (Å²) in [5, 5.41) is 8.08. The molecule has 0 amide bonds. The summed E-state index contributed by atoms with van der Waals surface area (Å²) in [7, 11) is -3.36. The van der Waals surface area contributed by atoms with E-state index >= 15 is 0 Å². The first-order valence-corrected chi connectivity index (χ1v) is 7.46. The largest absolute Gasteiger partial charge is 0.395 e. The van der Waals surface area contributed by atoms with Crippen LogP contribution in [-0.2, 0) is 10.0 Å². The van der Waals surface area contributed by atoms with Gasteiger partial charge in [0.15, 0.2) is 0 Å². The second-order valence-electron chi connectivity index (χ2n) is 4.88. The molecule has 0 aromatic heterocycles. The third kappa shape index (κ3) is 6.45. The Hall–Kier alpha value is -0.130. The van der Waals surface area contributed by atoms with Crippen LogP contribution in [0.3, 0.4) is 0 Å². The third-order valence-corrected chi connectivity index (χ3v) is 4.51. The maximum Gasteiger partial charge on any atom is 0.216 e. The van der Waals surface area contributed by atoms with Crippen LogP contribution in [0.15, 0.2) is 0 Å². The molecule has 0 aromatic carbocycles. The van der Waals surface area contributed by atoms with E-state index in [2.05, 4.69) is 18.6 Å². The summed E-state index contributed by atoms with van der Waals surface area (Å²) in [5.41, 5.74) is 0. The molecule has 98 valence electrons. The van der Waals surface area contributed by atoms with Crippen molar-refractivity contribution in [1.82, 2.24) is 4.72 Å². The number of rotatable bonds is 8. The van der Waals surface area contributed by atoms with Crippen molar-refractivity contribution in [2.45, 2.75) is 58.2 Å². The number of nitrogens with one attached hydrogen (secondary N) is 1. The number of aliphatic hydroxyl groups is 1. The first kappa shape index (κ1) is 15.9. The predicted octanol–water partition coefficient (Wildman–Crippen LogP) is 1.50. The molecule has 0 saturated carbocycles. The van der Waals surface area contributed by atoms with Gasteiger partial charge in [0.25, 0.3) is 0 Å². The lowest BCUT2D eigenvalue weighted by atomic mass is 10.0. The van der Waals surface area contributed by atoms with E-state index < -0.39 is 15.3 Å². The Morgan fingerprint density at radius 2 is 1.69 bits per heavy atom. The maximum atomic E-state index is 11.6. The van der Waals surface area contributed by atoms with Gasteiger partial charge in [-0.1, -0.05) is 26.7 Å². The van der Waals surface area contributed by atoms with E-state index in [1.165, 1.54) is 6.92 Å². The van der Waals surface area contributed by atoms with Crippen LogP contribution in [0.4, 0.5) is 0 Å². The Kier molecular flexibility index (Phi) is 7.19. The molecule has 4 nitrogen and oxygen atoms in total. The Bertz CT molecular complexity index is 275. The highest BCUT2D eigenvalue weighted by atomic mass is 32.2. The van der Waals surface area contributed by atoms with Gasteiger partial charge in [0.05, 0.1) is 11.9 Å². The molecule has 2 unspecified atom stereocenters. The van der Waals surface area contributed by atoms with Crippen molar-refractivity contribution in [3.05, 3.63) is 0 Å². The molecule has 5 heteroatoms. The molecule has 2 N–H and O–H groups in total. The first-order chi connectivity index (χ1) is 7.29. The molecular formula is C11H25NO3S. The topological polar surface area (TPSA) is 66.4 Å². The highest BCUT2D eigenvalue weighted by molar-refractivity contribution is 7.90. The van der Waals surface area contributed by atoms with E-state index in [1.54, 1.807) is 0 Å². The fourth-order valence-electron chi connectivity index (χ4n) is 1.39. The van der Waals surface area contributed by atoms with Crippen molar-refractivity contribution >= 4 is 10.0 Å². The summed E-state index contributed by atoms with van der Waals surface area (Å²) in [6.07, 6.45) is 2.98. The van der Waals surface area contributed by atoms with Gasteiger partial charge in [0, 0.05) is 6.04 Å². The van der Waals surface area contributed by atoms with E-state index in [9.17, 15) is 8.42 Å². The zero-order valence-electron chi connectivity index (χ0n) is 10.7. The van der Waals surface area contributed by atoms with Crippen molar-refractivity contribution in [3.63, 3.8) is 0 Å². The molecule has 2 atom stereocenters. The Morgan fingerprint density at radius 3 is 2.12 bits per heavy atom. The van der Waals surface area contributed by atoms with Crippen LogP contribution in [0.25, 0.3) is 0 Å². The minimum absolute atomic E-state index is 0.0576. The average Bonchev–Trinajstić information content (AvgIpc) is 2.14. The molecule has 0 radical (unpaired) electrons. The van der Waals surface area contributed by atoms with Gasteiger partial charge in [0.2, 0.25) is 10.0 Å². The van der Waals surface area contributed by atoms with Crippen LogP contribution in [0.2, 0.25) is 0 Å². The standard InChI is InChI=1S/C11H25NO3S/c1-9(2)6-5-7-10(3)12-16(14,15)11(4)8-13/h9-13H,5-8H2,1-4H3. The summed E-state index contributed by atoms with van der Waals surface area (Å²) < 4.78 is 25.8. The van der Waals surface area contributed by atoms with Crippen LogP contribution in [-0.4, -0.2) is 31.4 Å². The van der Waals surface area contributed by atoms with Crippen molar-refractivity contribution in [1.29, 1.82) is 0 Å². The minimum atomic E-state index is -3.36. The molecule has 0 aromatic rings. The van der Waals surface area contributed by atoms with E-state index in [4.69, 9.17) is 5.11 Å². The van der Waals surface area contributed by atoms with E-state index in [0.717, 1.165) is 19.3 Å². The smallest absolute Gasteiger partial charge is 0.216 e. The van der Waals surface area contributed by atoms with Crippen molar-refractivity contribution in [3.8, 4) is 0 Å². The van der Waals surface area contributed by atoms with Gasteiger partial charge in [-0.3, -0.25) is 0 Å². The fraction of sp³-hybridized carbons (Fsp3) is 1.00. The summed E-state index contributed by atoms with van der Waals surface area (Å²) in [4.78, 5) is 0. The van der Waals surface area contributed by atoms with Crippen LogP contribution >= 0.6 is 0 Å². The lowest BCUT2D eigenvalue weighted by Crippen LogP contribution is -2.39. The van der Waals surface area contributed by atoms with Gasteiger partial charge in [0.1, 0.15) is 0 Å². The molecular weight excluding hydrogens is 226 g/mol. The first-order valence-electron chi connectivity index (χ1n) is 5.91. The van der Waals surface area contributed by atoms with E-state index in [0.29, 0.717) is 5.92 Å². The molecule has 0 saturated heterocycles. The van der Waals surface area contributed by atoms with Crippen molar-refractivity contribution in [2.24, 2.45) is 5.92 Å². The minimum Gasteiger partial charge on any atom is -0.395 e. The van der Waals surface area contributed by atoms with Gasteiger partial charge >= 0.3 is 0 Å². The van der Waals surface area contributed by atoms with Crippen LogP contribution < -0.4 is 4.72 Å². The second-order valence-corrected chi connectivity index (χ2v) is 7.01. The zero-order chi connectivity index (χ0) is 12.8. The normalized spacial score (nSPS) is 16.4. The quantitative estimate of drug-likeness (QED) is 0.687. The Balaban J connectivity index is 4.00. The third-order valence-electron chi connectivity index (χ3n) is 2.57. The van der Waals surface area contributed by atoms with Gasteiger partial charge in [-0.15, -0.1) is 0 Å². The van der Waals surface area contributed by atoms with E-state index in [1.807, 2.05) is 6.92 Å². The SMILES string of the molecule is CC(C)CCCC(C)NS(=O)(=O)C(C)CO. The van der Waals surface area contributed by atoms with Crippen LogP contribution in [0.1, 0.15) is 47.0 Å². The Labute approximate surface area is 99.5 Å². The molecule has 0 aliphatic rings. The summed E-state index contributed by atoms with van der Waals surface area (Å²) in [5.74, 6) is 0.653. The monoisotopic (exact) mass is 251 g/mol. The Morgan fingerprint density at radius 1 is 1.12 bits per heavy atom. The van der Waals surface area contributed by atoms with Crippen molar-refractivity contribution < 1.29 is 13.5 Å². The molecule has 0 heterocycles. The van der Waals surface area contributed by atoms with Gasteiger partial charge in [-0.25, -0.2) is 13.1 Å². The van der Waals surface area contributed by atoms with E-state index in [-0.39, 0.29) is 12.6 Å². The zero-order valence-corrected chi connectivity index (χ0v) is 11.5. The van der Waals surface area contributed by atoms with Crippen LogP contribution in [0.5, 0.6) is 0 Å². The lowest BCUT2D eigenvalue weighted by Gasteiger charge is -2.17. The lowest BCUT2D eigenvalue weighted by molar-refractivity contribution is 0.294. The van der Waals surface area contributed by atoms with Crippen molar-refractivity contribution in [2.75, 3.05) is 6.61 Å². The molecule has 16 heavy (non-hydrogen) atoms. The maximum absolute atomic E-state index is 11.6. The number of aliphatic hydroxyl groups excluding tert-OH is 1. The molecule has 0 aliphatic heterocycles. The number of hydrogen-bond acceptors (Lipinski definition) is 3. The predicted molar refractivity (Wildman–Crippen MR) is 66.8 cm³/mol. The summed E-state index contributed by atoms with van der Waals surface area (Å²) in [6, 6.07) is -0.0576. The fourth-order valence-corrected chi connectivity index (χ4v) is 2.49. The molecule has 0 fully saturated rings. The highest BCUT2D eigenvalue weighted by Crippen LogP contribution is 2.09. The van der Waals surface area contributed by atoms with Gasteiger partial charge in [-0.05, 0) is 26.2 Å². The molecule has 0 spiro atoms. The van der Waals surface area contributed by atoms with Crippen LogP contribution in [0, 0.1) is 5.92 Å². The van der Waals surface area contributed by atoms with Gasteiger partial charge in [-0.2, -0.15) is 0 Å². The number of hydrogen-bond donors (Lipinski definition) is 2. The highest BCUT2D eigenvalue weighted by Gasteiger charge is 2.21. The summed E-state index contributed by atoms with van der Waals surface area (Å²) in [6.45, 7) is 7.34. The molecule has 0 rings (SSSR count). The number of sulfonamides is 1.